The summed E-state index contributed by atoms with van der Waals surface area (Å²) in [6.45, 7) is 5.49. The van der Waals surface area contributed by atoms with E-state index in [0.717, 1.165) is 16.8 Å². The first-order valence-electron chi connectivity index (χ1n) is 18.0. The van der Waals surface area contributed by atoms with Crippen LogP contribution in [0.1, 0.15) is 54.2 Å². The van der Waals surface area contributed by atoms with Crippen molar-refractivity contribution in [3.63, 3.8) is 0 Å². The Balaban J connectivity index is 1.38. The van der Waals surface area contributed by atoms with Crippen molar-refractivity contribution in [3.05, 3.63) is 125 Å². The van der Waals surface area contributed by atoms with Crippen LogP contribution < -0.4 is 4.90 Å². The Bertz CT molecular complexity index is 1890. The van der Waals surface area contributed by atoms with Crippen molar-refractivity contribution in [2.45, 2.75) is 69.5 Å². The quantitative estimate of drug-likeness (QED) is 0.294. The molecule has 10 nitrogen and oxygen atoms in total. The Hall–Kier alpha value is -5.06. The highest BCUT2D eigenvalue weighted by molar-refractivity contribution is 6.06. The third-order valence-electron chi connectivity index (χ3n) is 11.3. The molecule has 4 aliphatic rings. The van der Waals surface area contributed by atoms with Crippen molar-refractivity contribution in [2.75, 3.05) is 25.1 Å². The van der Waals surface area contributed by atoms with Crippen LogP contribution >= 0.6 is 0 Å². The van der Waals surface area contributed by atoms with Gasteiger partial charge in [0.05, 0.1) is 30.7 Å². The molecule has 0 unspecified atom stereocenters. The number of likely N-dealkylation sites (tertiary alicyclic amines) is 1. The van der Waals surface area contributed by atoms with Gasteiger partial charge < -0.3 is 29.3 Å². The fourth-order valence-electron chi connectivity index (χ4n) is 8.62. The minimum atomic E-state index is -1.57. The van der Waals surface area contributed by atoms with Crippen LogP contribution in [-0.2, 0) is 28.7 Å². The van der Waals surface area contributed by atoms with Gasteiger partial charge in [-0.3, -0.25) is 19.2 Å². The molecular formula is C42H45N3O7. The topological polar surface area (TPSA) is 117 Å². The highest BCUT2D eigenvalue weighted by atomic mass is 16.6. The van der Waals surface area contributed by atoms with Crippen LogP contribution in [0.25, 0.3) is 0 Å². The van der Waals surface area contributed by atoms with Gasteiger partial charge in [0.25, 0.3) is 5.91 Å². The molecule has 4 heterocycles. The van der Waals surface area contributed by atoms with E-state index in [1.165, 1.54) is 4.90 Å². The minimum Gasteiger partial charge on any atom is -0.455 e. The molecule has 0 saturated carbocycles. The number of aliphatic hydroxyl groups excluding tert-OH is 1. The number of anilines is 1. The van der Waals surface area contributed by atoms with Gasteiger partial charge >= 0.3 is 5.97 Å². The number of benzene rings is 3. The summed E-state index contributed by atoms with van der Waals surface area (Å²) in [5, 5.41) is 11.0. The van der Waals surface area contributed by atoms with E-state index in [4.69, 9.17) is 9.47 Å². The van der Waals surface area contributed by atoms with Crippen molar-refractivity contribution in [2.24, 2.45) is 11.8 Å². The first-order valence-corrected chi connectivity index (χ1v) is 18.0. The van der Waals surface area contributed by atoms with E-state index in [-0.39, 0.29) is 24.8 Å². The fraction of sp³-hybridized carbons (Fsp3) is 0.381. The summed E-state index contributed by atoms with van der Waals surface area (Å²) in [5.74, 6) is -3.88. The maximum atomic E-state index is 15.2. The number of hydrogen-bond donors (Lipinski definition) is 1. The Morgan fingerprint density at radius 1 is 0.885 bits per heavy atom. The van der Waals surface area contributed by atoms with Crippen LogP contribution in [0.3, 0.4) is 0 Å². The first-order chi connectivity index (χ1) is 25.1. The number of carbonyl (C=O) groups excluding carboxylic acids is 4. The number of esters is 1. The number of rotatable bonds is 5. The zero-order chi connectivity index (χ0) is 36.7. The minimum absolute atomic E-state index is 0.0974. The van der Waals surface area contributed by atoms with Gasteiger partial charge in [-0.15, -0.1) is 0 Å². The molecule has 7 rings (SSSR count). The number of cyclic esters (lactones) is 1. The van der Waals surface area contributed by atoms with E-state index in [9.17, 15) is 14.7 Å². The molecule has 2 saturated heterocycles. The second-order valence-electron chi connectivity index (χ2n) is 14.3. The largest absolute Gasteiger partial charge is 0.455 e. The lowest BCUT2D eigenvalue weighted by atomic mass is 9.77. The van der Waals surface area contributed by atoms with Crippen LogP contribution in [-0.4, -0.2) is 82.6 Å². The van der Waals surface area contributed by atoms with Gasteiger partial charge in [0.15, 0.2) is 0 Å². The summed E-state index contributed by atoms with van der Waals surface area (Å²) in [5.41, 5.74) is 2.32. The number of ether oxygens (including phenoxy) is 2. The van der Waals surface area contributed by atoms with Crippen molar-refractivity contribution < 1.29 is 33.8 Å². The summed E-state index contributed by atoms with van der Waals surface area (Å²) >= 11 is 0. The van der Waals surface area contributed by atoms with Crippen molar-refractivity contribution in [3.8, 4) is 0 Å². The highest BCUT2D eigenvalue weighted by Gasteiger charge is 2.73. The van der Waals surface area contributed by atoms with Gasteiger partial charge in [-0.1, -0.05) is 103 Å². The van der Waals surface area contributed by atoms with Gasteiger partial charge in [0.2, 0.25) is 11.8 Å². The number of carbonyl (C=O) groups is 4. The Morgan fingerprint density at radius 2 is 1.56 bits per heavy atom. The highest BCUT2D eigenvalue weighted by Crippen LogP contribution is 2.55. The number of allylic oxidation sites excluding steroid dienone is 1. The van der Waals surface area contributed by atoms with Crippen LogP contribution in [0.4, 0.5) is 5.69 Å². The van der Waals surface area contributed by atoms with Gasteiger partial charge in [-0.2, -0.15) is 0 Å². The molecular weight excluding hydrogens is 658 g/mol. The lowest BCUT2D eigenvalue weighted by Gasteiger charge is -2.39. The van der Waals surface area contributed by atoms with Crippen LogP contribution in [0.15, 0.2) is 103 Å². The van der Waals surface area contributed by atoms with E-state index < -0.39 is 66.3 Å². The molecule has 3 amide bonds. The molecule has 0 aromatic heterocycles. The standard InChI is InChI=1S/C42H45N3O7/c1-26-15-13-16-27(2)36(26)44-24-14-23-42-35(39(48)45(38(42)40(44)49)31(25-46)29-17-7-5-8-18-29)34-32(52-42)21-11-12-22-33(47)43(4)28(3)37(51-41(34)50)30-19-9-6-10-20-30/h5-11,13-21,23,28,31-32,34-35,37-38,46H,12,22,24-25H2,1-4H3/b21-11-/t28-,31+,32-,34+,35+,37+,38-,42+/m0/s1. The van der Waals surface area contributed by atoms with E-state index in [1.54, 1.807) is 35.1 Å². The monoisotopic (exact) mass is 703 g/mol. The number of nitrogens with zero attached hydrogens (tertiary/aromatic N) is 3. The Morgan fingerprint density at radius 3 is 2.23 bits per heavy atom. The number of fused-ring (bicyclic) bond motifs is 2. The molecule has 0 radical (unpaired) electrons. The van der Waals surface area contributed by atoms with Crippen molar-refractivity contribution >= 4 is 29.4 Å². The van der Waals surface area contributed by atoms with Crippen LogP contribution in [0.5, 0.6) is 0 Å². The molecule has 270 valence electrons. The predicted molar refractivity (Wildman–Crippen MR) is 195 cm³/mol. The molecule has 1 spiro atoms. The summed E-state index contributed by atoms with van der Waals surface area (Å²) < 4.78 is 13.3. The second kappa shape index (κ2) is 14.2. The maximum Gasteiger partial charge on any atom is 0.313 e. The van der Waals surface area contributed by atoms with Crippen molar-refractivity contribution in [1.29, 1.82) is 0 Å². The lowest BCUT2D eigenvalue weighted by molar-refractivity contribution is -0.164. The number of amides is 3. The SMILES string of the molecule is Cc1cccc(C)c1N1CC=C[C@@]23O[C@H]4/C=C\CCC(=O)N(C)[C@@H](C)[C@H](c5ccccc5)OC(=O)[C@H]4[C@@H]2C(=O)N([C@H](CO)c2ccccc2)[C@H]3C1=O. The van der Waals surface area contributed by atoms with E-state index >= 15 is 9.59 Å². The molecule has 2 fully saturated rings. The summed E-state index contributed by atoms with van der Waals surface area (Å²) in [7, 11) is 1.70. The smallest absolute Gasteiger partial charge is 0.313 e. The Kier molecular flexibility index (Phi) is 9.63. The predicted octanol–water partition coefficient (Wildman–Crippen LogP) is 5.00. The molecule has 10 heteroatoms. The third-order valence-corrected chi connectivity index (χ3v) is 11.3. The van der Waals surface area contributed by atoms with Gasteiger partial charge in [-0.05, 0) is 49.4 Å². The average Bonchev–Trinajstić information content (AvgIpc) is 3.54. The molecule has 8 atom stereocenters. The number of para-hydroxylation sites is 1. The summed E-state index contributed by atoms with van der Waals surface area (Å²) in [4.78, 5) is 63.1. The molecule has 0 aliphatic carbocycles. The fourth-order valence-corrected chi connectivity index (χ4v) is 8.62. The van der Waals surface area contributed by atoms with E-state index in [0.29, 0.717) is 17.5 Å². The van der Waals surface area contributed by atoms with E-state index in [1.807, 2.05) is 106 Å². The van der Waals surface area contributed by atoms with Crippen LogP contribution in [0.2, 0.25) is 0 Å². The van der Waals surface area contributed by atoms with E-state index in [2.05, 4.69) is 0 Å². The van der Waals surface area contributed by atoms with Gasteiger partial charge in [-0.25, -0.2) is 0 Å². The number of hydrogen-bond acceptors (Lipinski definition) is 7. The normalized spacial score (nSPS) is 30.4. The Labute approximate surface area is 304 Å². The van der Waals surface area contributed by atoms with Crippen LogP contribution in [0, 0.1) is 25.7 Å². The maximum absolute atomic E-state index is 15.2. The number of aliphatic hydroxyl groups is 1. The summed E-state index contributed by atoms with van der Waals surface area (Å²) in [6, 6.07) is 21.6. The molecule has 0 bridgehead atoms. The molecule has 1 N–H and O–H groups in total. The summed E-state index contributed by atoms with van der Waals surface area (Å²) in [6.07, 6.45) is 6.01. The van der Waals surface area contributed by atoms with Gasteiger partial charge in [0.1, 0.15) is 23.7 Å². The molecule has 52 heavy (non-hydrogen) atoms. The molecule has 3 aromatic carbocycles. The van der Waals surface area contributed by atoms with Crippen molar-refractivity contribution in [1.82, 2.24) is 9.80 Å². The average molecular weight is 704 g/mol. The first kappa shape index (κ1) is 35.3. The van der Waals surface area contributed by atoms with Gasteiger partial charge in [0, 0.05) is 25.7 Å². The third kappa shape index (κ3) is 5.84. The second-order valence-corrected chi connectivity index (χ2v) is 14.3. The number of likely N-dealkylation sites (N-methyl/N-ethyl adjacent to an activating group) is 1. The zero-order valence-corrected chi connectivity index (χ0v) is 29.9. The zero-order valence-electron chi connectivity index (χ0n) is 29.9. The lowest BCUT2D eigenvalue weighted by Crippen LogP contribution is -2.56. The molecule has 3 aromatic rings. The molecule has 4 aliphatic heterocycles. The number of aryl methyl sites for hydroxylation is 2.